The van der Waals surface area contributed by atoms with Crippen LogP contribution >= 0.6 is 0 Å². The van der Waals surface area contributed by atoms with Gasteiger partial charge in [-0.2, -0.15) is 0 Å². The summed E-state index contributed by atoms with van der Waals surface area (Å²) in [5.41, 5.74) is 3.84. The maximum atomic E-state index is 12.5. The highest BCUT2D eigenvalue weighted by molar-refractivity contribution is 5.96. The number of anilines is 3. The molecule has 0 saturated carbocycles. The zero-order valence-electron chi connectivity index (χ0n) is 14.9. The minimum atomic E-state index is -0.0184. The zero-order chi connectivity index (χ0) is 18.5. The first-order chi connectivity index (χ1) is 13.3. The van der Waals surface area contributed by atoms with E-state index in [4.69, 9.17) is 0 Å². The normalized spacial score (nSPS) is 10.5. The molecule has 0 bridgehead atoms. The van der Waals surface area contributed by atoms with Crippen LogP contribution in [0.4, 0.5) is 17.1 Å². The summed E-state index contributed by atoms with van der Waals surface area (Å²) in [5, 5.41) is 8.59. The number of hydrogen-bond donors (Lipinski definition) is 2. The second-order valence-electron chi connectivity index (χ2n) is 6.43. The Morgan fingerprint density at radius 3 is 2.07 bits per heavy atom. The number of hydrogen-bond acceptors (Lipinski definition) is 2. The Labute approximate surface area is 158 Å². The number of rotatable bonds is 5. The molecule has 4 aromatic rings. The monoisotopic (exact) mass is 352 g/mol. The van der Waals surface area contributed by atoms with Crippen LogP contribution in [0.1, 0.15) is 5.56 Å². The summed E-state index contributed by atoms with van der Waals surface area (Å²) in [6.45, 7) is 0. The van der Waals surface area contributed by atoms with Crippen molar-refractivity contribution in [1.82, 2.24) is 0 Å². The highest BCUT2D eigenvalue weighted by Gasteiger charge is 2.07. The average Bonchev–Trinajstić information content (AvgIpc) is 2.71. The minimum Gasteiger partial charge on any atom is -0.356 e. The molecule has 0 radical (unpaired) electrons. The van der Waals surface area contributed by atoms with E-state index >= 15 is 0 Å². The summed E-state index contributed by atoms with van der Waals surface area (Å²) >= 11 is 0. The second-order valence-corrected chi connectivity index (χ2v) is 6.43. The molecule has 4 rings (SSSR count). The van der Waals surface area contributed by atoms with Crippen molar-refractivity contribution >= 4 is 33.7 Å². The standard InChI is InChI=1S/C24H20N2O/c27-24(17-19-9-6-8-18-7-4-5-12-23(18)19)26-22-15-13-21(14-16-22)25-20-10-2-1-3-11-20/h1-16,25H,17H2,(H,26,27). The van der Waals surface area contributed by atoms with Crippen LogP contribution in [0, 0.1) is 0 Å². The van der Waals surface area contributed by atoms with Crippen LogP contribution in [0.3, 0.4) is 0 Å². The molecule has 0 atom stereocenters. The number of nitrogens with one attached hydrogen (secondary N) is 2. The predicted octanol–water partition coefficient (Wildman–Crippen LogP) is 5.76. The molecule has 0 fully saturated rings. The predicted molar refractivity (Wildman–Crippen MR) is 112 cm³/mol. The molecule has 27 heavy (non-hydrogen) atoms. The van der Waals surface area contributed by atoms with Crippen molar-refractivity contribution in [2.24, 2.45) is 0 Å². The summed E-state index contributed by atoms with van der Waals surface area (Å²) in [5.74, 6) is -0.0184. The number of fused-ring (bicyclic) bond motifs is 1. The van der Waals surface area contributed by atoms with Gasteiger partial charge in [0.15, 0.2) is 0 Å². The van der Waals surface area contributed by atoms with Gasteiger partial charge in [0.05, 0.1) is 6.42 Å². The fourth-order valence-electron chi connectivity index (χ4n) is 3.15. The Balaban J connectivity index is 1.42. The van der Waals surface area contributed by atoms with Gasteiger partial charge in [0.1, 0.15) is 0 Å². The lowest BCUT2D eigenvalue weighted by Gasteiger charge is -2.10. The van der Waals surface area contributed by atoms with Gasteiger partial charge >= 0.3 is 0 Å². The number of amides is 1. The van der Waals surface area contributed by atoms with Gasteiger partial charge in [0.25, 0.3) is 0 Å². The summed E-state index contributed by atoms with van der Waals surface area (Å²) in [4.78, 5) is 12.5. The minimum absolute atomic E-state index is 0.0184. The molecule has 0 unspecified atom stereocenters. The Morgan fingerprint density at radius 2 is 1.26 bits per heavy atom. The molecular weight excluding hydrogens is 332 g/mol. The van der Waals surface area contributed by atoms with E-state index in [0.717, 1.165) is 33.4 Å². The lowest BCUT2D eigenvalue weighted by atomic mass is 10.0. The van der Waals surface area contributed by atoms with Crippen molar-refractivity contribution in [2.75, 3.05) is 10.6 Å². The van der Waals surface area contributed by atoms with Gasteiger partial charge in [-0.1, -0.05) is 60.7 Å². The van der Waals surface area contributed by atoms with E-state index in [9.17, 15) is 4.79 Å². The van der Waals surface area contributed by atoms with Gasteiger partial charge in [0.2, 0.25) is 5.91 Å². The van der Waals surface area contributed by atoms with Crippen molar-refractivity contribution in [3.8, 4) is 0 Å². The number of carbonyl (C=O) groups excluding carboxylic acids is 1. The van der Waals surface area contributed by atoms with Gasteiger partial charge in [-0.05, 0) is 52.7 Å². The van der Waals surface area contributed by atoms with Crippen molar-refractivity contribution in [3.63, 3.8) is 0 Å². The van der Waals surface area contributed by atoms with Crippen molar-refractivity contribution in [1.29, 1.82) is 0 Å². The van der Waals surface area contributed by atoms with Crippen molar-refractivity contribution < 1.29 is 4.79 Å². The molecule has 0 aliphatic heterocycles. The molecule has 0 aliphatic rings. The van der Waals surface area contributed by atoms with Crippen LogP contribution in [0.15, 0.2) is 97.1 Å². The topological polar surface area (TPSA) is 41.1 Å². The maximum Gasteiger partial charge on any atom is 0.228 e. The van der Waals surface area contributed by atoms with E-state index in [1.807, 2.05) is 78.9 Å². The molecule has 0 saturated heterocycles. The Kier molecular flexibility index (Phi) is 4.84. The SMILES string of the molecule is O=C(Cc1cccc2ccccc12)Nc1ccc(Nc2ccccc2)cc1. The number of benzene rings is 4. The van der Waals surface area contributed by atoms with Crippen molar-refractivity contribution in [3.05, 3.63) is 103 Å². The average molecular weight is 352 g/mol. The van der Waals surface area contributed by atoms with Gasteiger partial charge in [-0.25, -0.2) is 0 Å². The Morgan fingerprint density at radius 1 is 0.630 bits per heavy atom. The Hall–Kier alpha value is -3.59. The molecule has 4 aromatic carbocycles. The van der Waals surface area contributed by atoms with E-state index in [2.05, 4.69) is 28.8 Å². The first-order valence-electron chi connectivity index (χ1n) is 8.96. The number of para-hydroxylation sites is 1. The van der Waals surface area contributed by atoms with E-state index in [1.165, 1.54) is 0 Å². The van der Waals surface area contributed by atoms with Crippen molar-refractivity contribution in [2.45, 2.75) is 6.42 Å². The van der Waals surface area contributed by atoms with Gasteiger partial charge in [-0.15, -0.1) is 0 Å². The number of carbonyl (C=O) groups is 1. The van der Waals surface area contributed by atoms with E-state index in [1.54, 1.807) is 0 Å². The largest absolute Gasteiger partial charge is 0.356 e. The first kappa shape index (κ1) is 16.9. The fraction of sp³-hybridized carbons (Fsp3) is 0.0417. The first-order valence-corrected chi connectivity index (χ1v) is 8.96. The third-order valence-corrected chi connectivity index (χ3v) is 4.46. The van der Waals surface area contributed by atoms with Crippen LogP contribution in [-0.4, -0.2) is 5.91 Å². The van der Waals surface area contributed by atoms with Gasteiger partial charge in [-0.3, -0.25) is 4.79 Å². The molecule has 2 N–H and O–H groups in total. The fourth-order valence-corrected chi connectivity index (χ4v) is 3.15. The molecule has 3 heteroatoms. The van der Waals surface area contributed by atoms with Crippen LogP contribution in [0.2, 0.25) is 0 Å². The zero-order valence-corrected chi connectivity index (χ0v) is 14.9. The molecule has 0 heterocycles. The van der Waals surface area contributed by atoms with Gasteiger partial charge < -0.3 is 10.6 Å². The molecule has 1 amide bonds. The smallest absolute Gasteiger partial charge is 0.228 e. The third kappa shape index (κ3) is 4.15. The maximum absolute atomic E-state index is 12.5. The molecule has 0 spiro atoms. The highest BCUT2D eigenvalue weighted by atomic mass is 16.1. The third-order valence-electron chi connectivity index (χ3n) is 4.46. The highest BCUT2D eigenvalue weighted by Crippen LogP contribution is 2.21. The Bertz CT molecular complexity index is 1050. The quantitative estimate of drug-likeness (QED) is 0.479. The molecular formula is C24H20N2O. The molecule has 0 aromatic heterocycles. The van der Waals surface area contributed by atoms with E-state index in [0.29, 0.717) is 6.42 Å². The van der Waals surface area contributed by atoms with Gasteiger partial charge in [0, 0.05) is 17.1 Å². The van der Waals surface area contributed by atoms with E-state index < -0.39 is 0 Å². The summed E-state index contributed by atoms with van der Waals surface area (Å²) in [6.07, 6.45) is 0.353. The summed E-state index contributed by atoms with van der Waals surface area (Å²) in [7, 11) is 0. The summed E-state index contributed by atoms with van der Waals surface area (Å²) in [6, 6.07) is 31.9. The lowest BCUT2D eigenvalue weighted by molar-refractivity contribution is -0.115. The molecule has 0 aliphatic carbocycles. The van der Waals surface area contributed by atoms with Crippen LogP contribution < -0.4 is 10.6 Å². The van der Waals surface area contributed by atoms with Crippen LogP contribution in [0.5, 0.6) is 0 Å². The summed E-state index contributed by atoms with van der Waals surface area (Å²) < 4.78 is 0. The molecule has 3 nitrogen and oxygen atoms in total. The lowest BCUT2D eigenvalue weighted by Crippen LogP contribution is -2.14. The van der Waals surface area contributed by atoms with Crippen LogP contribution in [0.25, 0.3) is 10.8 Å². The molecule has 132 valence electrons. The second kappa shape index (κ2) is 7.75. The van der Waals surface area contributed by atoms with Crippen LogP contribution in [-0.2, 0) is 11.2 Å². The van der Waals surface area contributed by atoms with E-state index in [-0.39, 0.29) is 5.91 Å².